The number of ether oxygens (including phenoxy) is 1. The minimum atomic E-state index is -0.281. The summed E-state index contributed by atoms with van der Waals surface area (Å²) in [7, 11) is 1.64. The number of methoxy groups -OCH3 is 1. The van der Waals surface area contributed by atoms with Crippen LogP contribution in [0.15, 0.2) is 76.7 Å². The summed E-state index contributed by atoms with van der Waals surface area (Å²) in [6.07, 6.45) is 1.47. The number of hydrogen-bond acceptors (Lipinski definition) is 6. The van der Waals surface area contributed by atoms with Gasteiger partial charge in [0.25, 0.3) is 5.91 Å². The summed E-state index contributed by atoms with van der Waals surface area (Å²) in [6, 6.07) is 18.5. The first-order valence-electron chi connectivity index (χ1n) is 8.53. The van der Waals surface area contributed by atoms with Gasteiger partial charge < -0.3 is 19.8 Å². The molecule has 2 heterocycles. The molecule has 2 N–H and O–H groups in total. The van der Waals surface area contributed by atoms with Crippen LogP contribution in [0.1, 0.15) is 10.6 Å². The van der Waals surface area contributed by atoms with Crippen LogP contribution in [0.5, 0.6) is 5.75 Å². The van der Waals surface area contributed by atoms with Crippen molar-refractivity contribution in [1.82, 2.24) is 4.98 Å². The molecule has 2 aromatic heterocycles. The van der Waals surface area contributed by atoms with Crippen molar-refractivity contribution in [2.75, 3.05) is 17.7 Å². The smallest absolute Gasteiger partial charge is 0.291 e. The number of furan rings is 1. The van der Waals surface area contributed by atoms with E-state index in [-0.39, 0.29) is 11.7 Å². The Kier molecular flexibility index (Phi) is 5.07. The van der Waals surface area contributed by atoms with E-state index < -0.39 is 0 Å². The Morgan fingerprint density at radius 2 is 1.93 bits per heavy atom. The SMILES string of the molecule is COc1cccc(Nc2nc(-c3ccc(NC(=O)c4ccco4)cc3)cs2)c1. The third-order valence-corrected chi connectivity index (χ3v) is 4.77. The van der Waals surface area contributed by atoms with Crippen LogP contribution < -0.4 is 15.4 Å². The molecule has 0 fully saturated rings. The van der Waals surface area contributed by atoms with Gasteiger partial charge in [-0.15, -0.1) is 11.3 Å². The molecule has 6 nitrogen and oxygen atoms in total. The van der Waals surface area contributed by atoms with Crippen molar-refractivity contribution in [3.05, 3.63) is 78.1 Å². The molecule has 0 aliphatic heterocycles. The molecule has 140 valence electrons. The average Bonchev–Trinajstić information content (AvgIpc) is 3.41. The molecule has 0 saturated carbocycles. The first kappa shape index (κ1) is 17.8. The maximum atomic E-state index is 12.0. The number of carbonyl (C=O) groups is 1. The van der Waals surface area contributed by atoms with Gasteiger partial charge in [-0.05, 0) is 36.4 Å². The van der Waals surface area contributed by atoms with Crippen molar-refractivity contribution in [3.8, 4) is 17.0 Å². The van der Waals surface area contributed by atoms with Gasteiger partial charge in [0.2, 0.25) is 0 Å². The number of thiazole rings is 1. The molecule has 0 atom stereocenters. The van der Waals surface area contributed by atoms with Crippen LogP contribution in [0.2, 0.25) is 0 Å². The van der Waals surface area contributed by atoms with Crippen molar-refractivity contribution >= 4 is 33.8 Å². The van der Waals surface area contributed by atoms with Crippen molar-refractivity contribution in [2.24, 2.45) is 0 Å². The van der Waals surface area contributed by atoms with Gasteiger partial charge in [0.1, 0.15) is 5.75 Å². The van der Waals surface area contributed by atoms with Crippen LogP contribution in [0.3, 0.4) is 0 Å². The van der Waals surface area contributed by atoms with Crippen molar-refractivity contribution < 1.29 is 13.9 Å². The van der Waals surface area contributed by atoms with Crippen LogP contribution in [0.4, 0.5) is 16.5 Å². The molecule has 0 bridgehead atoms. The van der Waals surface area contributed by atoms with Crippen LogP contribution in [-0.2, 0) is 0 Å². The molecule has 0 unspecified atom stereocenters. The Morgan fingerprint density at radius 1 is 1.07 bits per heavy atom. The summed E-state index contributed by atoms with van der Waals surface area (Å²) < 4.78 is 10.3. The minimum absolute atomic E-state index is 0.275. The van der Waals surface area contributed by atoms with Gasteiger partial charge in [-0.2, -0.15) is 0 Å². The van der Waals surface area contributed by atoms with Gasteiger partial charge in [-0.25, -0.2) is 4.98 Å². The summed E-state index contributed by atoms with van der Waals surface area (Å²) in [4.78, 5) is 16.6. The number of nitrogens with zero attached hydrogens (tertiary/aromatic N) is 1. The average molecular weight is 391 g/mol. The fourth-order valence-corrected chi connectivity index (χ4v) is 3.35. The summed E-state index contributed by atoms with van der Waals surface area (Å²) >= 11 is 1.52. The van der Waals surface area contributed by atoms with E-state index in [9.17, 15) is 4.79 Å². The second-order valence-electron chi connectivity index (χ2n) is 5.90. The predicted octanol–water partition coefficient (Wildman–Crippen LogP) is 5.41. The second kappa shape index (κ2) is 7.98. The molecule has 7 heteroatoms. The summed E-state index contributed by atoms with van der Waals surface area (Å²) in [5.74, 6) is 0.780. The van der Waals surface area contributed by atoms with E-state index in [1.807, 2.05) is 53.9 Å². The highest BCUT2D eigenvalue weighted by Gasteiger charge is 2.10. The van der Waals surface area contributed by atoms with E-state index in [0.717, 1.165) is 27.8 Å². The molecule has 28 heavy (non-hydrogen) atoms. The van der Waals surface area contributed by atoms with Crippen molar-refractivity contribution in [2.45, 2.75) is 0 Å². The van der Waals surface area contributed by atoms with Gasteiger partial charge in [-0.1, -0.05) is 18.2 Å². The van der Waals surface area contributed by atoms with Crippen LogP contribution in [0, 0.1) is 0 Å². The fourth-order valence-electron chi connectivity index (χ4n) is 2.61. The van der Waals surface area contributed by atoms with Gasteiger partial charge in [-0.3, -0.25) is 4.79 Å². The molecule has 0 spiro atoms. The number of benzene rings is 2. The maximum Gasteiger partial charge on any atom is 0.291 e. The Bertz CT molecular complexity index is 1070. The van der Waals surface area contributed by atoms with Crippen molar-refractivity contribution in [1.29, 1.82) is 0 Å². The Labute approximate surface area is 165 Å². The molecule has 0 saturated heterocycles. The van der Waals surface area contributed by atoms with Crippen molar-refractivity contribution in [3.63, 3.8) is 0 Å². The third-order valence-electron chi connectivity index (χ3n) is 4.01. The molecule has 4 aromatic rings. The standard InChI is InChI=1S/C21H17N3O3S/c1-26-17-5-2-4-16(12-17)23-21-24-18(13-28-21)14-7-9-15(10-8-14)22-20(25)19-6-3-11-27-19/h2-13H,1H3,(H,22,25)(H,23,24). The number of nitrogens with one attached hydrogen (secondary N) is 2. The number of rotatable bonds is 6. The Morgan fingerprint density at radius 3 is 2.68 bits per heavy atom. The topological polar surface area (TPSA) is 76.4 Å². The minimum Gasteiger partial charge on any atom is -0.497 e. The quantitative estimate of drug-likeness (QED) is 0.460. The lowest BCUT2D eigenvalue weighted by molar-refractivity contribution is 0.0996. The molecular formula is C21H17N3O3S. The third kappa shape index (κ3) is 4.05. The van der Waals surface area contributed by atoms with E-state index in [2.05, 4.69) is 15.6 Å². The maximum absolute atomic E-state index is 12.0. The lowest BCUT2D eigenvalue weighted by atomic mass is 10.1. The van der Waals surface area contributed by atoms with E-state index in [4.69, 9.17) is 9.15 Å². The largest absolute Gasteiger partial charge is 0.497 e. The molecule has 2 aromatic carbocycles. The molecule has 0 aliphatic rings. The monoisotopic (exact) mass is 391 g/mol. The lowest BCUT2D eigenvalue weighted by Gasteiger charge is -2.05. The summed E-state index contributed by atoms with van der Waals surface area (Å²) in [5, 5.41) is 8.85. The Balaban J connectivity index is 1.44. The number of anilines is 3. The first-order valence-corrected chi connectivity index (χ1v) is 9.41. The lowest BCUT2D eigenvalue weighted by Crippen LogP contribution is -2.10. The fraction of sp³-hybridized carbons (Fsp3) is 0.0476. The number of aromatic nitrogens is 1. The highest BCUT2D eigenvalue weighted by Crippen LogP contribution is 2.29. The van der Waals surface area contributed by atoms with Gasteiger partial charge in [0.15, 0.2) is 10.9 Å². The number of carbonyl (C=O) groups excluding carboxylic acids is 1. The van der Waals surface area contributed by atoms with Gasteiger partial charge >= 0.3 is 0 Å². The first-order chi connectivity index (χ1) is 13.7. The highest BCUT2D eigenvalue weighted by molar-refractivity contribution is 7.14. The normalized spacial score (nSPS) is 10.5. The van der Waals surface area contributed by atoms with E-state index in [1.54, 1.807) is 19.2 Å². The predicted molar refractivity (Wildman–Crippen MR) is 110 cm³/mol. The van der Waals surface area contributed by atoms with Gasteiger partial charge in [0, 0.05) is 28.4 Å². The van der Waals surface area contributed by atoms with E-state index in [0.29, 0.717) is 5.69 Å². The molecule has 1 amide bonds. The summed E-state index contributed by atoms with van der Waals surface area (Å²) in [6.45, 7) is 0. The van der Waals surface area contributed by atoms with Crippen LogP contribution in [0.25, 0.3) is 11.3 Å². The van der Waals surface area contributed by atoms with Gasteiger partial charge in [0.05, 0.1) is 19.1 Å². The number of hydrogen-bond donors (Lipinski definition) is 2. The zero-order valence-corrected chi connectivity index (χ0v) is 15.8. The molecule has 0 aliphatic carbocycles. The molecule has 0 radical (unpaired) electrons. The highest BCUT2D eigenvalue weighted by atomic mass is 32.1. The second-order valence-corrected chi connectivity index (χ2v) is 6.76. The zero-order valence-electron chi connectivity index (χ0n) is 15.0. The van der Waals surface area contributed by atoms with Crippen LogP contribution >= 0.6 is 11.3 Å². The number of amides is 1. The van der Waals surface area contributed by atoms with E-state index >= 15 is 0 Å². The molecular weight excluding hydrogens is 374 g/mol. The Hall–Kier alpha value is -3.58. The zero-order chi connectivity index (χ0) is 19.3. The van der Waals surface area contributed by atoms with Crippen LogP contribution in [-0.4, -0.2) is 18.0 Å². The van der Waals surface area contributed by atoms with E-state index in [1.165, 1.54) is 17.6 Å². The summed E-state index contributed by atoms with van der Waals surface area (Å²) in [5.41, 5.74) is 3.43. The molecule has 4 rings (SSSR count).